The molecule has 0 saturated carbocycles. The molecule has 0 rings (SSSR count). The van der Waals surface area contributed by atoms with Crippen LogP contribution in [-0.4, -0.2) is 0 Å². The van der Waals surface area contributed by atoms with Gasteiger partial charge in [0.1, 0.15) is 0 Å². The molecule has 0 aromatic heterocycles. The summed E-state index contributed by atoms with van der Waals surface area (Å²) in [6.45, 7) is 9.50. The third-order valence-corrected chi connectivity index (χ3v) is 8.03. The zero-order valence-corrected chi connectivity index (χ0v) is 25.0. The van der Waals surface area contributed by atoms with E-state index >= 15 is 0 Å². The molecular weight excluding hydrogens is 408 g/mol. The second-order valence-electron chi connectivity index (χ2n) is 12.4. The van der Waals surface area contributed by atoms with Gasteiger partial charge in [-0.3, -0.25) is 0 Å². The van der Waals surface area contributed by atoms with E-state index in [1.54, 1.807) is 0 Å². The Kier molecular flexibility index (Phi) is 29.2. The summed E-state index contributed by atoms with van der Waals surface area (Å²) < 4.78 is 0. The van der Waals surface area contributed by atoms with Crippen LogP contribution in [0.15, 0.2) is 0 Å². The Morgan fingerprint density at radius 2 is 0.529 bits per heavy atom. The molecule has 0 heteroatoms. The van der Waals surface area contributed by atoms with E-state index in [0.29, 0.717) is 0 Å². The van der Waals surface area contributed by atoms with Crippen LogP contribution in [0.1, 0.15) is 207 Å². The van der Waals surface area contributed by atoms with E-state index in [1.807, 2.05) is 0 Å². The maximum absolute atomic E-state index is 2.50. The van der Waals surface area contributed by atoms with Gasteiger partial charge in [-0.25, -0.2) is 0 Å². The third-order valence-electron chi connectivity index (χ3n) is 8.03. The lowest BCUT2D eigenvalue weighted by molar-refractivity contribution is 0.430. The van der Waals surface area contributed by atoms with Crippen molar-refractivity contribution >= 4 is 0 Å². The highest BCUT2D eigenvalue weighted by atomic mass is 14.1. The molecule has 0 aliphatic rings. The summed E-state index contributed by atoms with van der Waals surface area (Å²) in [5.74, 6) is 1.86. The van der Waals surface area contributed by atoms with Crippen molar-refractivity contribution in [2.24, 2.45) is 11.8 Å². The summed E-state index contributed by atoms with van der Waals surface area (Å²) in [6.07, 6.45) is 41.3. The molecule has 0 N–H and O–H groups in total. The molecule has 1 unspecified atom stereocenters. The average molecular weight is 479 g/mol. The SMILES string of the molecule is CCCCCCCCCCC(C)CCCCCCCCCCCCCCCCCCCC(C)C. The van der Waals surface area contributed by atoms with Gasteiger partial charge in [0.15, 0.2) is 0 Å². The molecule has 0 aromatic carbocycles. The van der Waals surface area contributed by atoms with Gasteiger partial charge in [0.2, 0.25) is 0 Å². The highest BCUT2D eigenvalue weighted by Crippen LogP contribution is 2.19. The molecule has 1 atom stereocenters. The summed E-state index contributed by atoms with van der Waals surface area (Å²) in [7, 11) is 0. The van der Waals surface area contributed by atoms with Crippen LogP contribution in [-0.2, 0) is 0 Å². The van der Waals surface area contributed by atoms with Crippen molar-refractivity contribution in [3.05, 3.63) is 0 Å². The molecule has 0 aliphatic heterocycles. The van der Waals surface area contributed by atoms with E-state index in [2.05, 4.69) is 27.7 Å². The fraction of sp³-hybridized carbons (Fsp3) is 1.00. The second-order valence-corrected chi connectivity index (χ2v) is 12.4. The minimum absolute atomic E-state index is 0.896. The third kappa shape index (κ3) is 30.0. The lowest BCUT2D eigenvalue weighted by Crippen LogP contribution is -1.95. The Hall–Kier alpha value is 0. The maximum atomic E-state index is 2.50. The van der Waals surface area contributed by atoms with Crippen LogP contribution in [0.2, 0.25) is 0 Å². The van der Waals surface area contributed by atoms with Gasteiger partial charge in [-0.1, -0.05) is 207 Å². The molecule has 0 amide bonds. The van der Waals surface area contributed by atoms with E-state index in [9.17, 15) is 0 Å². The summed E-state index contributed by atoms with van der Waals surface area (Å²) in [4.78, 5) is 0. The van der Waals surface area contributed by atoms with Gasteiger partial charge in [-0.05, 0) is 11.8 Å². The smallest absolute Gasteiger partial charge is 0.0443 e. The highest BCUT2D eigenvalue weighted by Gasteiger charge is 2.02. The highest BCUT2D eigenvalue weighted by molar-refractivity contribution is 4.56. The largest absolute Gasteiger partial charge is 0.0654 e. The average Bonchev–Trinajstić information content (AvgIpc) is 2.82. The summed E-state index contributed by atoms with van der Waals surface area (Å²) in [5.41, 5.74) is 0. The Morgan fingerprint density at radius 1 is 0.294 bits per heavy atom. The van der Waals surface area contributed by atoms with Crippen LogP contribution in [0.5, 0.6) is 0 Å². The molecule has 34 heavy (non-hydrogen) atoms. The predicted octanol–water partition coefficient (Wildman–Crippen LogP) is 13.2. The van der Waals surface area contributed by atoms with Crippen molar-refractivity contribution in [1.82, 2.24) is 0 Å². The zero-order valence-electron chi connectivity index (χ0n) is 25.0. The molecule has 0 nitrogen and oxygen atoms in total. The molecule has 0 aliphatic carbocycles. The topological polar surface area (TPSA) is 0 Å². The molecular formula is C34H70. The quantitative estimate of drug-likeness (QED) is 0.0937. The first-order valence-corrected chi connectivity index (χ1v) is 16.7. The number of hydrogen-bond acceptors (Lipinski definition) is 0. The van der Waals surface area contributed by atoms with Crippen molar-refractivity contribution in [1.29, 1.82) is 0 Å². The van der Waals surface area contributed by atoms with E-state index in [0.717, 1.165) is 11.8 Å². The summed E-state index contributed by atoms with van der Waals surface area (Å²) in [5, 5.41) is 0. The van der Waals surface area contributed by atoms with E-state index < -0.39 is 0 Å². The summed E-state index contributed by atoms with van der Waals surface area (Å²) >= 11 is 0. The molecule has 0 saturated heterocycles. The Bertz CT molecular complexity index is 344. The van der Waals surface area contributed by atoms with Crippen molar-refractivity contribution in [2.45, 2.75) is 207 Å². The fourth-order valence-corrected chi connectivity index (χ4v) is 5.47. The van der Waals surface area contributed by atoms with Gasteiger partial charge in [0, 0.05) is 0 Å². The summed E-state index contributed by atoms with van der Waals surface area (Å²) in [6, 6.07) is 0. The van der Waals surface area contributed by atoms with E-state index in [-0.39, 0.29) is 0 Å². The Morgan fingerprint density at radius 3 is 0.794 bits per heavy atom. The molecule has 0 aromatic rings. The Balaban J connectivity index is 3.11. The van der Waals surface area contributed by atoms with E-state index in [4.69, 9.17) is 0 Å². The standard InChI is InChI=1S/C34H70/c1-5-6-7-8-9-22-25-28-31-34(4)32-29-26-23-20-18-16-14-12-10-11-13-15-17-19-21-24-27-30-33(2)3/h33-34H,5-32H2,1-4H3. The molecule has 0 fully saturated rings. The first-order chi connectivity index (χ1) is 16.7. The monoisotopic (exact) mass is 479 g/mol. The van der Waals surface area contributed by atoms with Crippen LogP contribution >= 0.6 is 0 Å². The molecule has 0 bridgehead atoms. The number of hydrogen-bond donors (Lipinski definition) is 0. The minimum Gasteiger partial charge on any atom is -0.0654 e. The van der Waals surface area contributed by atoms with Crippen molar-refractivity contribution in [2.75, 3.05) is 0 Å². The minimum atomic E-state index is 0.896. The van der Waals surface area contributed by atoms with Gasteiger partial charge in [0.05, 0.1) is 0 Å². The fourth-order valence-electron chi connectivity index (χ4n) is 5.47. The lowest BCUT2D eigenvalue weighted by Gasteiger charge is -2.11. The van der Waals surface area contributed by atoms with Crippen LogP contribution in [0.25, 0.3) is 0 Å². The van der Waals surface area contributed by atoms with Crippen LogP contribution in [0.4, 0.5) is 0 Å². The van der Waals surface area contributed by atoms with Crippen LogP contribution < -0.4 is 0 Å². The molecule has 0 spiro atoms. The van der Waals surface area contributed by atoms with Crippen molar-refractivity contribution in [3.63, 3.8) is 0 Å². The van der Waals surface area contributed by atoms with Gasteiger partial charge >= 0.3 is 0 Å². The predicted molar refractivity (Wildman–Crippen MR) is 159 cm³/mol. The number of rotatable bonds is 29. The lowest BCUT2D eigenvalue weighted by atomic mass is 9.95. The van der Waals surface area contributed by atoms with Crippen LogP contribution in [0.3, 0.4) is 0 Å². The Labute approximate surface area is 219 Å². The molecule has 0 heterocycles. The zero-order chi connectivity index (χ0) is 25.0. The normalized spacial score (nSPS) is 12.6. The second kappa shape index (κ2) is 29.2. The number of unbranched alkanes of at least 4 members (excludes halogenated alkanes) is 23. The van der Waals surface area contributed by atoms with Crippen LogP contribution in [0, 0.1) is 11.8 Å². The first-order valence-electron chi connectivity index (χ1n) is 16.7. The van der Waals surface area contributed by atoms with Crippen molar-refractivity contribution < 1.29 is 0 Å². The molecule has 206 valence electrons. The van der Waals surface area contributed by atoms with Gasteiger partial charge in [-0.2, -0.15) is 0 Å². The van der Waals surface area contributed by atoms with Gasteiger partial charge in [-0.15, -0.1) is 0 Å². The molecule has 0 radical (unpaired) electrons. The maximum Gasteiger partial charge on any atom is -0.0443 e. The van der Waals surface area contributed by atoms with Gasteiger partial charge < -0.3 is 0 Å². The van der Waals surface area contributed by atoms with Crippen molar-refractivity contribution in [3.8, 4) is 0 Å². The van der Waals surface area contributed by atoms with Gasteiger partial charge in [0.25, 0.3) is 0 Å². The van der Waals surface area contributed by atoms with E-state index in [1.165, 1.54) is 180 Å². The first kappa shape index (κ1) is 34.0.